The van der Waals surface area contributed by atoms with Crippen molar-refractivity contribution in [3.63, 3.8) is 0 Å². The van der Waals surface area contributed by atoms with Crippen molar-refractivity contribution >= 4 is 17.2 Å². The molecule has 0 unspecified atom stereocenters. The minimum atomic E-state index is 0.764. The average Bonchev–Trinajstić information content (AvgIpc) is 2.95. The van der Waals surface area contributed by atoms with Crippen molar-refractivity contribution in [1.82, 2.24) is 19.8 Å². The maximum atomic E-state index is 5.16. The molecule has 38 heavy (non-hydrogen) atoms. The fraction of sp³-hybridized carbons (Fsp3) is 0.606. The van der Waals surface area contributed by atoms with E-state index in [1.54, 1.807) is 0 Å². The van der Waals surface area contributed by atoms with Crippen LogP contribution < -0.4 is 0 Å². The van der Waals surface area contributed by atoms with Gasteiger partial charge in [-0.25, -0.2) is 15.0 Å². The number of aliphatic imine (C=N–C) groups is 1. The van der Waals surface area contributed by atoms with Crippen molar-refractivity contribution in [3.05, 3.63) is 58.7 Å². The SMILES string of the molecule is C=C(c1nc(C)ncc1/N=C(\C)N(CCCC)Cc1ccc(CC)c(CC)c1CC)N1CCC(CC)CC1. The summed E-state index contributed by atoms with van der Waals surface area (Å²) < 4.78 is 0. The van der Waals surface area contributed by atoms with Gasteiger partial charge in [-0.05, 0) is 80.5 Å². The molecule has 1 aliphatic rings. The first kappa shape index (κ1) is 29.9. The molecule has 0 radical (unpaired) electrons. The summed E-state index contributed by atoms with van der Waals surface area (Å²) in [6, 6.07) is 4.70. The molecule has 208 valence electrons. The van der Waals surface area contributed by atoms with Crippen molar-refractivity contribution in [2.45, 2.75) is 106 Å². The Hall–Kier alpha value is -2.69. The molecule has 1 aromatic carbocycles. The summed E-state index contributed by atoms with van der Waals surface area (Å²) in [5.41, 5.74) is 8.64. The Morgan fingerprint density at radius 3 is 2.29 bits per heavy atom. The molecule has 1 saturated heterocycles. The van der Waals surface area contributed by atoms with Gasteiger partial charge in [-0.15, -0.1) is 0 Å². The Bertz CT molecular complexity index is 1090. The topological polar surface area (TPSA) is 44.6 Å². The van der Waals surface area contributed by atoms with E-state index in [4.69, 9.17) is 9.98 Å². The molecular weight excluding hydrogens is 466 g/mol. The smallest absolute Gasteiger partial charge is 0.126 e. The zero-order valence-electron chi connectivity index (χ0n) is 25.2. The van der Waals surface area contributed by atoms with Gasteiger partial charge in [-0.3, -0.25) is 0 Å². The number of rotatable bonds is 12. The van der Waals surface area contributed by atoms with E-state index in [9.17, 15) is 0 Å². The van der Waals surface area contributed by atoms with Gasteiger partial charge in [0.1, 0.15) is 23.0 Å². The molecule has 5 nitrogen and oxygen atoms in total. The van der Waals surface area contributed by atoms with E-state index in [1.165, 1.54) is 41.5 Å². The number of hydrogen-bond donors (Lipinski definition) is 0. The van der Waals surface area contributed by atoms with Crippen LogP contribution in [0.5, 0.6) is 0 Å². The van der Waals surface area contributed by atoms with Crippen LogP contribution in [0.25, 0.3) is 5.70 Å². The molecule has 1 aliphatic heterocycles. The Balaban J connectivity index is 1.93. The summed E-state index contributed by atoms with van der Waals surface area (Å²) >= 11 is 0. The second-order valence-electron chi connectivity index (χ2n) is 10.8. The number of likely N-dealkylation sites (tertiary alicyclic amines) is 1. The van der Waals surface area contributed by atoms with Crippen LogP contribution in [0, 0.1) is 12.8 Å². The van der Waals surface area contributed by atoms with Gasteiger partial charge in [0.2, 0.25) is 0 Å². The van der Waals surface area contributed by atoms with Crippen LogP contribution in [0.1, 0.15) is 107 Å². The summed E-state index contributed by atoms with van der Waals surface area (Å²) in [5, 5.41) is 0. The van der Waals surface area contributed by atoms with Crippen molar-refractivity contribution in [2.24, 2.45) is 10.9 Å². The lowest BCUT2D eigenvalue weighted by atomic mass is 9.91. The molecule has 1 fully saturated rings. The summed E-state index contributed by atoms with van der Waals surface area (Å²) in [6.07, 6.45) is 11.1. The first-order valence-electron chi connectivity index (χ1n) is 15.1. The minimum absolute atomic E-state index is 0.764. The lowest BCUT2D eigenvalue weighted by molar-refractivity contribution is 0.250. The van der Waals surface area contributed by atoms with E-state index in [0.717, 1.165) is 92.9 Å². The molecule has 0 amide bonds. The number of amidine groups is 1. The van der Waals surface area contributed by atoms with Gasteiger partial charge in [-0.1, -0.05) is 66.2 Å². The van der Waals surface area contributed by atoms with Crippen LogP contribution in [0.4, 0.5) is 5.69 Å². The number of piperidine rings is 1. The first-order valence-corrected chi connectivity index (χ1v) is 15.1. The van der Waals surface area contributed by atoms with Gasteiger partial charge in [0.15, 0.2) is 0 Å². The molecule has 0 bridgehead atoms. The second-order valence-corrected chi connectivity index (χ2v) is 10.8. The third-order valence-corrected chi connectivity index (χ3v) is 8.33. The van der Waals surface area contributed by atoms with Gasteiger partial charge in [-0.2, -0.15) is 0 Å². The Morgan fingerprint density at radius 2 is 1.68 bits per heavy atom. The monoisotopic (exact) mass is 517 g/mol. The minimum Gasteiger partial charge on any atom is -0.370 e. The highest BCUT2D eigenvalue weighted by atomic mass is 15.2. The normalized spacial score (nSPS) is 14.7. The number of aryl methyl sites for hydroxylation is 2. The van der Waals surface area contributed by atoms with E-state index in [-0.39, 0.29) is 0 Å². The molecule has 0 saturated carbocycles. The number of unbranched alkanes of at least 4 members (excludes halogenated alkanes) is 1. The van der Waals surface area contributed by atoms with Gasteiger partial charge >= 0.3 is 0 Å². The van der Waals surface area contributed by atoms with E-state index in [1.807, 2.05) is 13.1 Å². The Kier molecular flexibility index (Phi) is 11.4. The third-order valence-electron chi connectivity index (χ3n) is 8.33. The maximum Gasteiger partial charge on any atom is 0.126 e. The van der Waals surface area contributed by atoms with E-state index < -0.39 is 0 Å². The number of benzene rings is 1. The highest BCUT2D eigenvalue weighted by Gasteiger charge is 2.22. The van der Waals surface area contributed by atoms with Gasteiger partial charge in [0.25, 0.3) is 0 Å². The molecule has 3 rings (SSSR count). The van der Waals surface area contributed by atoms with Crippen molar-refractivity contribution in [3.8, 4) is 0 Å². The van der Waals surface area contributed by atoms with Crippen LogP contribution in [0.15, 0.2) is 29.9 Å². The largest absolute Gasteiger partial charge is 0.370 e. The zero-order valence-corrected chi connectivity index (χ0v) is 25.2. The Labute approximate surface area is 232 Å². The summed E-state index contributed by atoms with van der Waals surface area (Å²) in [6.45, 7) is 23.9. The van der Waals surface area contributed by atoms with E-state index in [2.05, 4.69) is 75.0 Å². The number of aromatic nitrogens is 2. The standard InChI is InChI=1S/C33H51N5/c1-9-14-19-38(23-29-16-15-28(11-3)30(12-4)31(29)13-5)26(8)36-32-22-34-25(7)35-33(32)24(6)37-20-17-27(10-2)18-21-37/h15-16,22,27H,6,9-14,17-21,23H2,1-5,7-8H3/b36-26+. The fourth-order valence-corrected chi connectivity index (χ4v) is 5.82. The van der Waals surface area contributed by atoms with Crippen LogP contribution in [0.3, 0.4) is 0 Å². The molecule has 0 spiro atoms. The number of nitrogens with zero attached hydrogens (tertiary/aromatic N) is 5. The predicted molar refractivity (Wildman–Crippen MR) is 163 cm³/mol. The predicted octanol–water partition coefficient (Wildman–Crippen LogP) is 7.92. The molecule has 0 aliphatic carbocycles. The van der Waals surface area contributed by atoms with Crippen LogP contribution in [-0.4, -0.2) is 45.2 Å². The van der Waals surface area contributed by atoms with Crippen LogP contribution in [-0.2, 0) is 25.8 Å². The van der Waals surface area contributed by atoms with Crippen LogP contribution in [0.2, 0.25) is 0 Å². The Morgan fingerprint density at radius 1 is 1.03 bits per heavy atom. The molecule has 2 aromatic rings. The highest BCUT2D eigenvalue weighted by Crippen LogP contribution is 2.31. The molecule has 5 heteroatoms. The fourth-order valence-electron chi connectivity index (χ4n) is 5.82. The lowest BCUT2D eigenvalue weighted by Crippen LogP contribution is -2.32. The van der Waals surface area contributed by atoms with E-state index in [0.29, 0.717) is 0 Å². The van der Waals surface area contributed by atoms with Gasteiger partial charge < -0.3 is 9.80 Å². The van der Waals surface area contributed by atoms with Crippen molar-refractivity contribution < 1.29 is 0 Å². The van der Waals surface area contributed by atoms with Gasteiger partial charge in [0, 0.05) is 26.2 Å². The van der Waals surface area contributed by atoms with E-state index >= 15 is 0 Å². The van der Waals surface area contributed by atoms with Crippen molar-refractivity contribution in [2.75, 3.05) is 19.6 Å². The summed E-state index contributed by atoms with van der Waals surface area (Å²) in [5.74, 6) is 2.61. The van der Waals surface area contributed by atoms with Gasteiger partial charge in [0.05, 0.1) is 11.9 Å². The lowest BCUT2D eigenvalue weighted by Gasteiger charge is -2.34. The molecule has 0 N–H and O–H groups in total. The van der Waals surface area contributed by atoms with Crippen LogP contribution >= 0.6 is 0 Å². The maximum absolute atomic E-state index is 5.16. The zero-order chi connectivity index (χ0) is 27.7. The molecule has 0 atom stereocenters. The molecule has 1 aromatic heterocycles. The molecule has 2 heterocycles. The number of hydrogen-bond acceptors (Lipinski definition) is 4. The summed E-state index contributed by atoms with van der Waals surface area (Å²) in [4.78, 5) is 19.4. The average molecular weight is 518 g/mol. The highest BCUT2D eigenvalue weighted by molar-refractivity contribution is 5.84. The quantitative estimate of drug-likeness (QED) is 0.212. The summed E-state index contributed by atoms with van der Waals surface area (Å²) in [7, 11) is 0. The molecular formula is C33H51N5. The first-order chi connectivity index (χ1) is 18.4. The third kappa shape index (κ3) is 7.24. The van der Waals surface area contributed by atoms with Crippen molar-refractivity contribution in [1.29, 1.82) is 0 Å². The second kappa shape index (κ2) is 14.5.